The average molecular weight is 376 g/mol. The van der Waals surface area contributed by atoms with Gasteiger partial charge in [-0.1, -0.05) is 82.8 Å². The van der Waals surface area contributed by atoms with Crippen molar-refractivity contribution in [2.45, 2.75) is 11.5 Å². The van der Waals surface area contributed by atoms with E-state index in [1.54, 1.807) is 24.3 Å². The van der Waals surface area contributed by atoms with E-state index in [-0.39, 0.29) is 31.0 Å². The molecule has 0 aromatic heterocycles. The van der Waals surface area contributed by atoms with Gasteiger partial charge in [0.05, 0.1) is 0 Å². The summed E-state index contributed by atoms with van der Waals surface area (Å²) in [5.74, 6) is 0.224. The fraction of sp³-hybridized carbons (Fsp3) is 0.143. The molecule has 0 spiro atoms. The predicted octanol–water partition coefficient (Wildman–Crippen LogP) is 2.13. The Bertz CT molecular complexity index is 498. The van der Waals surface area contributed by atoms with Crippen LogP contribution in [0, 0.1) is 0 Å². The molecule has 0 heterocycles. The van der Waals surface area contributed by atoms with E-state index in [9.17, 15) is 17.5 Å². The predicted molar refractivity (Wildman–Crippen MR) is 78.1 cm³/mol. The number of hydrogen-bond acceptors (Lipinski definition) is 4. The van der Waals surface area contributed by atoms with Gasteiger partial charge in [0.15, 0.2) is 0 Å². The minimum absolute atomic E-state index is 0. The van der Waals surface area contributed by atoms with Crippen LogP contribution in [0.5, 0.6) is 0 Å². The number of rotatable bonds is 4. The van der Waals surface area contributed by atoms with Crippen LogP contribution in [0.15, 0.2) is 60.7 Å². The summed E-state index contributed by atoms with van der Waals surface area (Å²) in [7, 11) is 0. The van der Waals surface area contributed by atoms with Crippen molar-refractivity contribution in [1.29, 1.82) is 0 Å². The van der Waals surface area contributed by atoms with Gasteiger partial charge in [-0.2, -0.15) is 0 Å². The molecule has 0 saturated carbocycles. The van der Waals surface area contributed by atoms with E-state index >= 15 is 0 Å². The molecule has 4 nitrogen and oxygen atoms in total. The largest absolute Gasteiger partial charge is 2.00 e. The average Bonchev–Trinajstić information content (AvgIpc) is 2.40. The van der Waals surface area contributed by atoms with E-state index in [0.29, 0.717) is 0 Å². The van der Waals surface area contributed by atoms with E-state index in [1.807, 2.05) is 36.4 Å². The Labute approximate surface area is 142 Å². The van der Waals surface area contributed by atoms with Crippen LogP contribution in [0.3, 0.4) is 0 Å². The Morgan fingerprint density at radius 1 is 0.667 bits per heavy atom. The van der Waals surface area contributed by atoms with Crippen molar-refractivity contribution in [3.8, 4) is 0 Å². The van der Waals surface area contributed by atoms with Gasteiger partial charge in [-0.25, -0.2) is 0 Å². The molecule has 21 heavy (non-hydrogen) atoms. The molecule has 2 rings (SSSR count). The van der Waals surface area contributed by atoms with Crippen molar-refractivity contribution in [2.24, 2.45) is 0 Å². The van der Waals surface area contributed by atoms with Crippen LogP contribution >= 0.6 is 0 Å². The van der Waals surface area contributed by atoms with E-state index in [1.165, 1.54) is 0 Å². The molecule has 2 aromatic rings. The molecule has 7 heteroatoms. The maximum atomic E-state index is 10.2. The van der Waals surface area contributed by atoms with Crippen molar-refractivity contribution in [1.82, 2.24) is 0 Å². The first-order valence-corrected chi connectivity index (χ1v) is 8.26. The molecule has 0 aliphatic heterocycles. The van der Waals surface area contributed by atoms with Crippen molar-refractivity contribution < 1.29 is 37.0 Å². The molecule has 108 valence electrons. The molecule has 2 atom stereocenters. The standard InChI is InChI=1S/2C7H8O2S.Zn/c2*8-10(9)6-7-4-2-1-3-5-7;/h2*1-5H,6H2,(H,8,9);/q;;+2/p-2. The summed E-state index contributed by atoms with van der Waals surface area (Å²) in [4.78, 5) is 0. The molecule has 0 bridgehead atoms. The summed E-state index contributed by atoms with van der Waals surface area (Å²) >= 11 is -3.93. The Hall–Kier alpha value is -0.717. The van der Waals surface area contributed by atoms with E-state index in [0.717, 1.165) is 11.1 Å². The second-order valence-electron chi connectivity index (χ2n) is 3.87. The van der Waals surface area contributed by atoms with Crippen LogP contribution in [-0.4, -0.2) is 17.5 Å². The van der Waals surface area contributed by atoms with Crippen molar-refractivity contribution >= 4 is 22.2 Å². The summed E-state index contributed by atoms with van der Waals surface area (Å²) < 4.78 is 40.7. The summed E-state index contributed by atoms with van der Waals surface area (Å²) in [6.45, 7) is 0. The SMILES string of the molecule is O=S([O-])Cc1ccccc1.O=S([O-])Cc1ccccc1.[Zn+2]. The first-order chi connectivity index (χ1) is 9.58. The summed E-state index contributed by atoms with van der Waals surface area (Å²) in [6.07, 6.45) is 0. The van der Waals surface area contributed by atoms with Gasteiger partial charge in [0.2, 0.25) is 0 Å². The monoisotopic (exact) mass is 374 g/mol. The minimum Gasteiger partial charge on any atom is -0.772 e. The van der Waals surface area contributed by atoms with Gasteiger partial charge in [-0.05, 0) is 11.1 Å². The van der Waals surface area contributed by atoms with Crippen molar-refractivity contribution in [2.75, 3.05) is 0 Å². The van der Waals surface area contributed by atoms with Crippen molar-refractivity contribution in [3.05, 3.63) is 71.8 Å². The molecule has 0 aliphatic carbocycles. The molecule has 0 N–H and O–H groups in total. The molecular weight excluding hydrogens is 362 g/mol. The molecule has 2 aromatic carbocycles. The number of hydrogen-bond donors (Lipinski definition) is 0. The Kier molecular flexibility index (Phi) is 11.5. The molecular formula is C14H14O4S2Zn. The molecule has 0 aliphatic rings. The summed E-state index contributed by atoms with van der Waals surface area (Å²) in [6, 6.07) is 18.2. The molecule has 0 fully saturated rings. The molecule has 0 radical (unpaired) electrons. The third-order valence-corrected chi connectivity index (χ3v) is 3.39. The van der Waals surface area contributed by atoms with Gasteiger partial charge in [0.1, 0.15) is 0 Å². The first kappa shape index (κ1) is 20.3. The van der Waals surface area contributed by atoms with Crippen molar-refractivity contribution in [3.63, 3.8) is 0 Å². The van der Waals surface area contributed by atoms with Gasteiger partial charge in [-0.15, -0.1) is 0 Å². The van der Waals surface area contributed by atoms with Gasteiger partial charge in [0, 0.05) is 11.5 Å². The zero-order valence-electron chi connectivity index (χ0n) is 11.3. The maximum absolute atomic E-state index is 10.2. The minimum atomic E-state index is -1.97. The smallest absolute Gasteiger partial charge is 0.772 e. The normalized spacial score (nSPS) is 12.3. The number of benzene rings is 2. The first-order valence-electron chi connectivity index (χ1n) is 5.77. The Balaban J connectivity index is 0.000000364. The maximum Gasteiger partial charge on any atom is 2.00 e. The van der Waals surface area contributed by atoms with Gasteiger partial charge in [-0.3, -0.25) is 8.42 Å². The van der Waals surface area contributed by atoms with E-state index in [4.69, 9.17) is 0 Å². The van der Waals surface area contributed by atoms with Crippen LogP contribution < -0.4 is 0 Å². The van der Waals surface area contributed by atoms with Crippen LogP contribution in [0.1, 0.15) is 11.1 Å². The quantitative estimate of drug-likeness (QED) is 0.605. The summed E-state index contributed by atoms with van der Waals surface area (Å²) in [5, 5.41) is 0. The zero-order chi connectivity index (χ0) is 14.8. The van der Waals surface area contributed by atoms with Gasteiger partial charge in [0.25, 0.3) is 0 Å². The third-order valence-electron chi connectivity index (χ3n) is 2.25. The molecule has 2 unspecified atom stereocenters. The topological polar surface area (TPSA) is 80.3 Å². The van der Waals surface area contributed by atoms with Crippen LogP contribution in [0.2, 0.25) is 0 Å². The van der Waals surface area contributed by atoms with Crippen LogP contribution in [0.4, 0.5) is 0 Å². The zero-order valence-corrected chi connectivity index (χ0v) is 15.9. The second-order valence-corrected chi connectivity index (χ2v) is 5.66. The molecule has 0 saturated heterocycles. The fourth-order valence-corrected chi connectivity index (χ4v) is 2.35. The van der Waals surface area contributed by atoms with E-state index in [2.05, 4.69) is 0 Å². The van der Waals surface area contributed by atoms with Crippen LogP contribution in [0.25, 0.3) is 0 Å². The second kappa shape index (κ2) is 11.9. The Morgan fingerprint density at radius 2 is 0.952 bits per heavy atom. The fourth-order valence-electron chi connectivity index (χ4n) is 1.42. The van der Waals surface area contributed by atoms with Gasteiger partial charge < -0.3 is 9.11 Å². The van der Waals surface area contributed by atoms with E-state index < -0.39 is 22.2 Å². The van der Waals surface area contributed by atoms with Gasteiger partial charge >= 0.3 is 19.5 Å². The third kappa shape index (κ3) is 10.6. The summed E-state index contributed by atoms with van der Waals surface area (Å²) in [5.41, 5.74) is 1.66. The molecule has 0 amide bonds. The Morgan fingerprint density at radius 3 is 1.19 bits per heavy atom. The van der Waals surface area contributed by atoms with Crippen LogP contribution in [-0.2, 0) is 53.1 Å².